The van der Waals surface area contributed by atoms with Gasteiger partial charge in [0.2, 0.25) is 0 Å². The molecule has 4 aromatic rings. The Hall–Kier alpha value is -4.05. The van der Waals surface area contributed by atoms with Crippen molar-refractivity contribution in [1.82, 2.24) is 30.1 Å². The predicted octanol–water partition coefficient (Wildman–Crippen LogP) is 3.55. The van der Waals surface area contributed by atoms with Gasteiger partial charge in [-0.05, 0) is 78.9 Å². The zero-order valence-electron chi connectivity index (χ0n) is 22.8. The van der Waals surface area contributed by atoms with Crippen LogP contribution in [0.2, 0.25) is 0 Å². The molecule has 1 saturated heterocycles. The smallest absolute Gasteiger partial charge is 0.309 e. The van der Waals surface area contributed by atoms with E-state index in [-0.39, 0.29) is 17.4 Å². The summed E-state index contributed by atoms with van der Waals surface area (Å²) in [6, 6.07) is 13.3. The molecule has 2 aromatic heterocycles. The molecule has 0 amide bonds. The highest BCUT2D eigenvalue weighted by molar-refractivity contribution is 5.85. The van der Waals surface area contributed by atoms with Crippen LogP contribution in [-0.2, 0) is 16.1 Å². The van der Waals surface area contributed by atoms with Crippen molar-refractivity contribution in [3.63, 3.8) is 0 Å². The van der Waals surface area contributed by atoms with Crippen LogP contribution in [0.5, 0.6) is 5.75 Å². The van der Waals surface area contributed by atoms with Crippen LogP contribution < -0.4 is 10.3 Å². The van der Waals surface area contributed by atoms with E-state index in [9.17, 15) is 9.59 Å². The van der Waals surface area contributed by atoms with Gasteiger partial charge in [-0.1, -0.05) is 24.3 Å². The van der Waals surface area contributed by atoms with Crippen LogP contribution in [0.4, 0.5) is 0 Å². The fourth-order valence-electron chi connectivity index (χ4n) is 5.37. The molecule has 3 heterocycles. The van der Waals surface area contributed by atoms with Gasteiger partial charge in [0.05, 0.1) is 31.7 Å². The van der Waals surface area contributed by atoms with Crippen LogP contribution in [0.25, 0.3) is 10.9 Å². The van der Waals surface area contributed by atoms with Crippen LogP contribution in [0.15, 0.2) is 47.3 Å². The van der Waals surface area contributed by atoms with E-state index >= 15 is 0 Å². The summed E-state index contributed by atoms with van der Waals surface area (Å²) < 4.78 is 12.3. The molecule has 1 aliphatic rings. The van der Waals surface area contributed by atoms with Gasteiger partial charge in [-0.25, -0.2) is 4.68 Å². The first-order chi connectivity index (χ1) is 18.9. The number of aromatic nitrogens is 5. The summed E-state index contributed by atoms with van der Waals surface area (Å²) in [5.41, 5.74) is 4.33. The average Bonchev–Trinajstić information content (AvgIpc) is 3.40. The molecule has 1 atom stereocenters. The van der Waals surface area contributed by atoms with E-state index in [4.69, 9.17) is 9.47 Å². The number of benzene rings is 2. The van der Waals surface area contributed by atoms with Gasteiger partial charge >= 0.3 is 5.97 Å². The zero-order valence-corrected chi connectivity index (χ0v) is 22.8. The fourth-order valence-corrected chi connectivity index (χ4v) is 5.37. The van der Waals surface area contributed by atoms with E-state index in [0.717, 1.165) is 33.3 Å². The van der Waals surface area contributed by atoms with Crippen LogP contribution in [-0.4, -0.2) is 62.9 Å². The number of pyridine rings is 1. The monoisotopic (exact) mass is 530 g/mol. The Bertz CT molecular complexity index is 1520. The minimum Gasteiger partial charge on any atom is -0.497 e. The number of likely N-dealkylation sites (tertiary alicyclic amines) is 1. The van der Waals surface area contributed by atoms with E-state index in [1.807, 2.05) is 57.2 Å². The van der Waals surface area contributed by atoms with Gasteiger partial charge in [0.15, 0.2) is 5.82 Å². The van der Waals surface area contributed by atoms with Gasteiger partial charge in [0, 0.05) is 24.0 Å². The molecule has 0 radical (unpaired) electrons. The molecule has 0 bridgehead atoms. The van der Waals surface area contributed by atoms with Crippen LogP contribution in [0, 0.1) is 19.8 Å². The molecule has 10 heteroatoms. The molecule has 39 heavy (non-hydrogen) atoms. The molecule has 0 aliphatic carbocycles. The van der Waals surface area contributed by atoms with Crippen molar-refractivity contribution in [3.05, 3.63) is 80.9 Å². The first-order valence-corrected chi connectivity index (χ1v) is 13.3. The summed E-state index contributed by atoms with van der Waals surface area (Å²) >= 11 is 0. The number of methoxy groups -OCH3 is 1. The van der Waals surface area contributed by atoms with Crippen molar-refractivity contribution in [3.8, 4) is 5.75 Å². The van der Waals surface area contributed by atoms with Crippen molar-refractivity contribution in [1.29, 1.82) is 0 Å². The molecule has 10 nitrogen and oxygen atoms in total. The van der Waals surface area contributed by atoms with Gasteiger partial charge < -0.3 is 14.5 Å². The van der Waals surface area contributed by atoms with E-state index in [1.54, 1.807) is 11.8 Å². The highest BCUT2D eigenvalue weighted by Gasteiger charge is 2.35. The van der Waals surface area contributed by atoms with Crippen molar-refractivity contribution < 1.29 is 14.3 Å². The number of ether oxygens (including phenoxy) is 2. The lowest BCUT2D eigenvalue weighted by Gasteiger charge is -2.36. The lowest BCUT2D eigenvalue weighted by Crippen LogP contribution is -2.42. The highest BCUT2D eigenvalue weighted by atomic mass is 16.5. The minimum absolute atomic E-state index is 0.156. The SMILES string of the molecule is CCOC(=O)C1CCN(C(c2cc3c(C)ccc(C)c3[nH]c2=O)c2nnnn2Cc2ccc(OC)cc2)CC1. The number of hydrogen-bond acceptors (Lipinski definition) is 8. The summed E-state index contributed by atoms with van der Waals surface area (Å²) in [6.45, 7) is 7.86. The van der Waals surface area contributed by atoms with E-state index in [1.165, 1.54) is 0 Å². The third kappa shape index (κ3) is 5.42. The van der Waals surface area contributed by atoms with Crippen molar-refractivity contribution in [2.24, 2.45) is 5.92 Å². The number of piperidine rings is 1. The summed E-state index contributed by atoms with van der Waals surface area (Å²) in [6.07, 6.45) is 1.28. The number of fused-ring (bicyclic) bond motifs is 1. The lowest BCUT2D eigenvalue weighted by atomic mass is 9.93. The van der Waals surface area contributed by atoms with Gasteiger partial charge in [-0.3, -0.25) is 14.5 Å². The first-order valence-electron chi connectivity index (χ1n) is 13.3. The van der Waals surface area contributed by atoms with Crippen LogP contribution in [0.1, 0.15) is 53.9 Å². The average molecular weight is 531 g/mol. The van der Waals surface area contributed by atoms with Crippen molar-refractivity contribution >= 4 is 16.9 Å². The number of aromatic amines is 1. The lowest BCUT2D eigenvalue weighted by molar-refractivity contribution is -0.149. The molecular weight excluding hydrogens is 496 g/mol. The Labute approximate surface area is 226 Å². The molecule has 2 aromatic carbocycles. The number of carbonyl (C=O) groups excluding carboxylic acids is 1. The summed E-state index contributed by atoms with van der Waals surface area (Å²) in [4.78, 5) is 31.4. The molecule has 1 fully saturated rings. The maximum atomic E-state index is 13.6. The molecule has 1 N–H and O–H groups in total. The predicted molar refractivity (Wildman–Crippen MR) is 147 cm³/mol. The number of hydrogen-bond donors (Lipinski definition) is 1. The van der Waals surface area contributed by atoms with Gasteiger partial charge in [0.1, 0.15) is 11.8 Å². The number of aryl methyl sites for hydroxylation is 2. The van der Waals surface area contributed by atoms with Crippen LogP contribution in [0.3, 0.4) is 0 Å². The summed E-state index contributed by atoms with van der Waals surface area (Å²) in [5.74, 6) is 1.03. The molecule has 1 unspecified atom stereocenters. The van der Waals surface area contributed by atoms with E-state index < -0.39 is 6.04 Å². The molecule has 5 rings (SSSR count). The van der Waals surface area contributed by atoms with Crippen molar-refractivity contribution in [2.45, 2.75) is 46.2 Å². The third-order valence-corrected chi connectivity index (χ3v) is 7.58. The standard InChI is InChI=1S/C29H34N6O4/c1-5-39-29(37)21-12-14-34(15-13-21)26(24-16-23-18(2)6-7-19(3)25(23)30-28(24)36)27-31-32-33-35(27)17-20-8-10-22(38-4)11-9-20/h6-11,16,21,26H,5,12-15,17H2,1-4H3,(H,30,36). The zero-order chi connectivity index (χ0) is 27.5. The first kappa shape index (κ1) is 26.6. The Morgan fingerprint density at radius 1 is 1.10 bits per heavy atom. The molecule has 0 spiro atoms. The number of tetrazole rings is 1. The van der Waals surface area contributed by atoms with E-state index in [0.29, 0.717) is 50.5 Å². The van der Waals surface area contributed by atoms with Gasteiger partial charge in [0.25, 0.3) is 5.56 Å². The third-order valence-electron chi connectivity index (χ3n) is 7.58. The summed E-state index contributed by atoms with van der Waals surface area (Å²) in [7, 11) is 1.63. The summed E-state index contributed by atoms with van der Waals surface area (Å²) in [5, 5.41) is 13.7. The molecular formula is C29H34N6O4. The second-order valence-corrected chi connectivity index (χ2v) is 10.0. The largest absolute Gasteiger partial charge is 0.497 e. The Kier molecular flexibility index (Phi) is 7.74. The second kappa shape index (κ2) is 11.4. The Morgan fingerprint density at radius 2 is 1.82 bits per heavy atom. The normalized spacial score (nSPS) is 15.4. The number of esters is 1. The fraction of sp³-hybridized carbons (Fsp3) is 0.414. The van der Waals surface area contributed by atoms with Crippen LogP contribution >= 0.6 is 0 Å². The number of nitrogens with zero attached hydrogens (tertiary/aromatic N) is 5. The topological polar surface area (TPSA) is 115 Å². The minimum atomic E-state index is -0.491. The molecule has 204 valence electrons. The second-order valence-electron chi connectivity index (χ2n) is 10.0. The number of carbonyl (C=O) groups is 1. The Balaban J connectivity index is 1.56. The van der Waals surface area contributed by atoms with Gasteiger partial charge in [-0.15, -0.1) is 5.10 Å². The number of nitrogens with one attached hydrogen (secondary N) is 1. The van der Waals surface area contributed by atoms with Gasteiger partial charge in [-0.2, -0.15) is 0 Å². The quantitative estimate of drug-likeness (QED) is 0.344. The molecule has 0 saturated carbocycles. The maximum Gasteiger partial charge on any atom is 0.309 e. The molecule has 1 aliphatic heterocycles. The maximum absolute atomic E-state index is 13.6. The Morgan fingerprint density at radius 3 is 2.51 bits per heavy atom. The van der Waals surface area contributed by atoms with E-state index in [2.05, 4.69) is 31.5 Å². The highest BCUT2D eigenvalue weighted by Crippen LogP contribution is 2.32. The van der Waals surface area contributed by atoms with Crippen molar-refractivity contribution in [2.75, 3.05) is 26.8 Å². The number of H-pyrrole nitrogens is 1. The number of rotatable bonds is 8.